The number of carbonyl (C=O) groups is 1. The standard InChI is InChI=1S/C26H24N4O2S2/c1-3-14-28(15-4-2)23-20(24(31)29-16-9-8-12-22(29)27-23)18-21-25(32)30(26(33)34-21)17-13-19-10-6-5-7-11-19/h3-12,16,18H,1-2,13-15,17H2/b21-18-. The highest BCUT2D eigenvalue weighted by atomic mass is 32.2. The summed E-state index contributed by atoms with van der Waals surface area (Å²) >= 11 is 6.70. The van der Waals surface area contributed by atoms with Gasteiger partial charge in [-0.05, 0) is 30.2 Å². The number of pyridine rings is 1. The summed E-state index contributed by atoms with van der Waals surface area (Å²) < 4.78 is 1.96. The number of hydrogen-bond acceptors (Lipinski definition) is 6. The Bertz CT molecular complexity index is 1340. The zero-order chi connectivity index (χ0) is 24.1. The second-order valence-corrected chi connectivity index (χ2v) is 9.31. The summed E-state index contributed by atoms with van der Waals surface area (Å²) in [5, 5.41) is 0. The lowest BCUT2D eigenvalue weighted by atomic mass is 10.1. The number of thiocarbonyl (C=S) groups is 1. The van der Waals surface area contributed by atoms with Crippen LogP contribution in [0.25, 0.3) is 11.7 Å². The van der Waals surface area contributed by atoms with Crippen LogP contribution in [0.15, 0.2) is 89.7 Å². The Balaban J connectivity index is 1.73. The number of carbonyl (C=O) groups excluding carboxylic acids is 1. The molecule has 0 aliphatic carbocycles. The number of nitrogens with zero attached hydrogens (tertiary/aromatic N) is 4. The summed E-state index contributed by atoms with van der Waals surface area (Å²) in [6, 6.07) is 15.3. The van der Waals surface area contributed by atoms with Gasteiger partial charge in [0.2, 0.25) is 0 Å². The van der Waals surface area contributed by atoms with E-state index in [0.717, 1.165) is 5.56 Å². The highest BCUT2D eigenvalue weighted by molar-refractivity contribution is 8.26. The summed E-state index contributed by atoms with van der Waals surface area (Å²) in [4.78, 5) is 35.3. The average molecular weight is 489 g/mol. The average Bonchev–Trinajstić information content (AvgIpc) is 3.12. The molecule has 1 aliphatic rings. The van der Waals surface area contributed by atoms with E-state index in [0.29, 0.717) is 52.3 Å². The lowest BCUT2D eigenvalue weighted by molar-refractivity contribution is -0.122. The van der Waals surface area contributed by atoms with Gasteiger partial charge in [0.15, 0.2) is 0 Å². The Morgan fingerprint density at radius 1 is 1.03 bits per heavy atom. The van der Waals surface area contributed by atoms with Gasteiger partial charge in [-0.3, -0.25) is 18.9 Å². The number of aromatic nitrogens is 2. The molecule has 1 saturated heterocycles. The molecular formula is C26H24N4O2S2. The van der Waals surface area contributed by atoms with Crippen LogP contribution < -0.4 is 10.5 Å². The van der Waals surface area contributed by atoms with Crippen molar-refractivity contribution in [3.63, 3.8) is 0 Å². The molecule has 0 atom stereocenters. The first kappa shape index (κ1) is 23.7. The van der Waals surface area contributed by atoms with Gasteiger partial charge in [-0.2, -0.15) is 0 Å². The SMILES string of the molecule is C=CCN(CC=C)c1nc2ccccn2c(=O)c1/C=C1\SC(=S)N(CCc2ccccc2)C1=O. The summed E-state index contributed by atoms with van der Waals surface area (Å²) in [6.45, 7) is 9.06. The maximum absolute atomic E-state index is 13.5. The van der Waals surface area contributed by atoms with E-state index >= 15 is 0 Å². The molecule has 4 rings (SSSR count). The molecule has 0 N–H and O–H groups in total. The number of fused-ring (bicyclic) bond motifs is 1. The lowest BCUT2D eigenvalue weighted by Gasteiger charge is -2.22. The summed E-state index contributed by atoms with van der Waals surface area (Å²) in [5.41, 5.74) is 1.72. The van der Waals surface area contributed by atoms with E-state index in [1.807, 2.05) is 41.3 Å². The van der Waals surface area contributed by atoms with Crippen molar-refractivity contribution in [1.82, 2.24) is 14.3 Å². The van der Waals surface area contributed by atoms with Crippen LogP contribution in [0.4, 0.5) is 5.82 Å². The van der Waals surface area contributed by atoms with Crippen LogP contribution >= 0.6 is 24.0 Å². The summed E-state index contributed by atoms with van der Waals surface area (Å²) in [6.07, 6.45) is 7.46. The number of benzene rings is 1. The van der Waals surface area contributed by atoms with Crippen molar-refractivity contribution < 1.29 is 4.79 Å². The van der Waals surface area contributed by atoms with E-state index in [9.17, 15) is 9.59 Å². The van der Waals surface area contributed by atoms with Crippen molar-refractivity contribution in [1.29, 1.82) is 0 Å². The minimum absolute atomic E-state index is 0.201. The highest BCUT2D eigenvalue weighted by Crippen LogP contribution is 2.33. The van der Waals surface area contributed by atoms with Crippen molar-refractivity contribution in [2.24, 2.45) is 0 Å². The van der Waals surface area contributed by atoms with Crippen LogP contribution in [-0.2, 0) is 11.2 Å². The Kier molecular flexibility index (Phi) is 7.40. The molecule has 1 aliphatic heterocycles. The van der Waals surface area contributed by atoms with Crippen molar-refractivity contribution in [2.45, 2.75) is 6.42 Å². The predicted molar refractivity (Wildman–Crippen MR) is 144 cm³/mol. The van der Waals surface area contributed by atoms with Crippen molar-refractivity contribution in [2.75, 3.05) is 24.5 Å². The quantitative estimate of drug-likeness (QED) is 0.254. The van der Waals surface area contributed by atoms with E-state index in [4.69, 9.17) is 17.2 Å². The van der Waals surface area contributed by atoms with Crippen LogP contribution in [0.3, 0.4) is 0 Å². The molecule has 6 nitrogen and oxygen atoms in total. The van der Waals surface area contributed by atoms with Crippen LogP contribution in [-0.4, -0.2) is 44.1 Å². The van der Waals surface area contributed by atoms with Gasteiger partial charge in [0.1, 0.15) is 15.8 Å². The molecule has 8 heteroatoms. The molecule has 34 heavy (non-hydrogen) atoms. The lowest BCUT2D eigenvalue weighted by Crippen LogP contribution is -2.31. The fraction of sp³-hybridized carbons (Fsp3) is 0.154. The molecule has 3 heterocycles. The fourth-order valence-corrected chi connectivity index (χ4v) is 5.02. The molecule has 1 aromatic carbocycles. The molecule has 0 bridgehead atoms. The molecular weight excluding hydrogens is 464 g/mol. The van der Waals surface area contributed by atoms with Gasteiger partial charge in [0.05, 0.1) is 10.5 Å². The first-order valence-electron chi connectivity index (χ1n) is 10.8. The third-order valence-corrected chi connectivity index (χ3v) is 6.74. The molecule has 0 spiro atoms. The zero-order valence-electron chi connectivity index (χ0n) is 18.6. The first-order chi connectivity index (χ1) is 16.5. The maximum Gasteiger partial charge on any atom is 0.267 e. The van der Waals surface area contributed by atoms with Gasteiger partial charge >= 0.3 is 0 Å². The molecule has 1 amide bonds. The Labute approximate surface area is 207 Å². The number of thioether (sulfide) groups is 1. The minimum Gasteiger partial charge on any atom is -0.348 e. The Morgan fingerprint density at radius 2 is 1.74 bits per heavy atom. The molecule has 0 unspecified atom stereocenters. The van der Waals surface area contributed by atoms with E-state index in [2.05, 4.69) is 13.2 Å². The van der Waals surface area contributed by atoms with E-state index in [-0.39, 0.29) is 11.5 Å². The van der Waals surface area contributed by atoms with Gasteiger partial charge in [-0.1, -0.05) is 72.5 Å². The normalized spacial score (nSPS) is 14.7. The number of anilines is 1. The summed E-state index contributed by atoms with van der Waals surface area (Å²) in [5.74, 6) is 0.277. The van der Waals surface area contributed by atoms with Gasteiger partial charge < -0.3 is 4.90 Å². The smallest absolute Gasteiger partial charge is 0.267 e. The predicted octanol–water partition coefficient (Wildman–Crippen LogP) is 4.32. The second kappa shape index (κ2) is 10.6. The number of rotatable bonds is 9. The zero-order valence-corrected chi connectivity index (χ0v) is 20.2. The van der Waals surface area contributed by atoms with E-state index < -0.39 is 0 Å². The highest BCUT2D eigenvalue weighted by Gasteiger charge is 2.32. The topological polar surface area (TPSA) is 57.9 Å². The minimum atomic E-state index is -0.256. The monoisotopic (exact) mass is 488 g/mol. The van der Waals surface area contributed by atoms with Crippen LogP contribution in [0, 0.1) is 0 Å². The molecule has 0 saturated carbocycles. The van der Waals surface area contributed by atoms with Crippen LogP contribution in [0.1, 0.15) is 11.1 Å². The molecule has 2 aromatic heterocycles. The van der Waals surface area contributed by atoms with Gasteiger partial charge in [-0.15, -0.1) is 13.2 Å². The third kappa shape index (κ3) is 4.88. The summed E-state index contributed by atoms with van der Waals surface area (Å²) in [7, 11) is 0. The van der Waals surface area contributed by atoms with Crippen molar-refractivity contribution >= 4 is 51.7 Å². The van der Waals surface area contributed by atoms with Gasteiger partial charge in [0.25, 0.3) is 11.5 Å². The Morgan fingerprint density at radius 3 is 2.44 bits per heavy atom. The molecule has 172 valence electrons. The van der Waals surface area contributed by atoms with E-state index in [1.165, 1.54) is 16.2 Å². The van der Waals surface area contributed by atoms with Crippen molar-refractivity contribution in [3.8, 4) is 0 Å². The second-order valence-electron chi connectivity index (χ2n) is 7.63. The number of amides is 1. The molecule has 1 fully saturated rings. The van der Waals surface area contributed by atoms with Gasteiger partial charge in [-0.25, -0.2) is 4.98 Å². The first-order valence-corrected chi connectivity index (χ1v) is 12.0. The number of hydrogen-bond donors (Lipinski definition) is 0. The maximum atomic E-state index is 13.5. The Hall–Kier alpha value is -3.49. The third-order valence-electron chi connectivity index (χ3n) is 5.36. The van der Waals surface area contributed by atoms with Gasteiger partial charge in [0, 0.05) is 25.8 Å². The largest absolute Gasteiger partial charge is 0.348 e. The fourth-order valence-electron chi connectivity index (χ4n) is 3.73. The van der Waals surface area contributed by atoms with Crippen LogP contribution in [0.5, 0.6) is 0 Å². The van der Waals surface area contributed by atoms with E-state index in [1.54, 1.807) is 41.5 Å². The van der Waals surface area contributed by atoms with Crippen LogP contribution in [0.2, 0.25) is 0 Å². The van der Waals surface area contributed by atoms with Crippen molar-refractivity contribution in [3.05, 3.63) is 106 Å². The molecule has 0 radical (unpaired) electrons. The molecule has 3 aromatic rings.